The average molecular weight is 217 g/mol. The summed E-state index contributed by atoms with van der Waals surface area (Å²) in [5, 5.41) is 3.04. The summed E-state index contributed by atoms with van der Waals surface area (Å²) in [4.78, 5) is 21.7. The van der Waals surface area contributed by atoms with Crippen LogP contribution in [0.15, 0.2) is 24.8 Å². The lowest BCUT2D eigenvalue weighted by Gasteiger charge is -2.26. The molecule has 1 N–H and O–H groups in total. The molecule has 1 fully saturated rings. The van der Waals surface area contributed by atoms with Crippen molar-refractivity contribution >= 4 is 17.4 Å². The Hall–Kier alpha value is -1.95. The number of imidazole rings is 1. The number of amides is 1. The number of aromatic nitrogens is 3. The Kier molecular flexibility index (Phi) is 2.07. The fourth-order valence-electron chi connectivity index (χ4n) is 1.82. The third-order valence-electron chi connectivity index (χ3n) is 2.63. The molecule has 1 aliphatic rings. The SMILES string of the molecule is O=C1CNCCN1c1cnc2nccn2c1. The van der Waals surface area contributed by atoms with Gasteiger partial charge in [0.15, 0.2) is 0 Å². The summed E-state index contributed by atoms with van der Waals surface area (Å²) in [6, 6.07) is 0. The van der Waals surface area contributed by atoms with E-state index in [0.717, 1.165) is 12.2 Å². The van der Waals surface area contributed by atoms with Crippen LogP contribution in [-0.4, -0.2) is 39.9 Å². The van der Waals surface area contributed by atoms with Gasteiger partial charge >= 0.3 is 0 Å². The van der Waals surface area contributed by atoms with E-state index < -0.39 is 0 Å². The number of nitrogens with one attached hydrogen (secondary N) is 1. The number of carbonyl (C=O) groups is 1. The Labute approximate surface area is 91.9 Å². The summed E-state index contributed by atoms with van der Waals surface area (Å²) in [5.74, 6) is 0.721. The first-order valence-electron chi connectivity index (χ1n) is 5.14. The molecule has 0 bridgehead atoms. The molecule has 1 aliphatic heterocycles. The molecule has 0 aromatic carbocycles. The molecule has 0 saturated carbocycles. The zero-order valence-corrected chi connectivity index (χ0v) is 8.63. The molecule has 1 saturated heterocycles. The van der Waals surface area contributed by atoms with Gasteiger partial charge in [0.05, 0.1) is 18.4 Å². The molecule has 0 atom stereocenters. The molecule has 6 nitrogen and oxygen atoms in total. The van der Waals surface area contributed by atoms with E-state index in [4.69, 9.17) is 0 Å². The van der Waals surface area contributed by atoms with Gasteiger partial charge < -0.3 is 10.2 Å². The van der Waals surface area contributed by atoms with Crippen LogP contribution in [0.4, 0.5) is 5.69 Å². The molecule has 16 heavy (non-hydrogen) atoms. The van der Waals surface area contributed by atoms with Crippen LogP contribution in [0.25, 0.3) is 5.78 Å². The number of nitrogens with zero attached hydrogens (tertiary/aromatic N) is 4. The van der Waals surface area contributed by atoms with Crippen LogP contribution in [0.2, 0.25) is 0 Å². The van der Waals surface area contributed by atoms with Gasteiger partial charge in [-0.2, -0.15) is 0 Å². The first-order valence-corrected chi connectivity index (χ1v) is 5.14. The van der Waals surface area contributed by atoms with Crippen molar-refractivity contribution in [1.82, 2.24) is 19.7 Å². The summed E-state index contributed by atoms with van der Waals surface area (Å²) >= 11 is 0. The van der Waals surface area contributed by atoms with Gasteiger partial charge in [-0.25, -0.2) is 9.97 Å². The summed E-state index contributed by atoms with van der Waals surface area (Å²) in [6.45, 7) is 1.89. The number of hydrogen-bond acceptors (Lipinski definition) is 4. The zero-order valence-electron chi connectivity index (χ0n) is 8.63. The van der Waals surface area contributed by atoms with E-state index in [9.17, 15) is 4.79 Å². The van der Waals surface area contributed by atoms with E-state index in [1.807, 2.05) is 16.8 Å². The summed E-state index contributed by atoms with van der Waals surface area (Å²) in [6.07, 6.45) is 7.06. The number of anilines is 1. The van der Waals surface area contributed by atoms with Crippen LogP contribution in [0.3, 0.4) is 0 Å². The van der Waals surface area contributed by atoms with Crippen molar-refractivity contribution in [3.05, 3.63) is 24.8 Å². The van der Waals surface area contributed by atoms with E-state index in [-0.39, 0.29) is 5.91 Å². The van der Waals surface area contributed by atoms with Crippen LogP contribution in [0, 0.1) is 0 Å². The number of rotatable bonds is 1. The minimum Gasteiger partial charge on any atom is -0.307 e. The van der Waals surface area contributed by atoms with Gasteiger partial charge in [0.2, 0.25) is 11.7 Å². The van der Waals surface area contributed by atoms with Gasteiger partial charge in [0.1, 0.15) is 0 Å². The number of carbonyl (C=O) groups excluding carboxylic acids is 1. The largest absolute Gasteiger partial charge is 0.307 e. The first kappa shape index (κ1) is 9.29. The second-order valence-corrected chi connectivity index (χ2v) is 3.67. The van der Waals surface area contributed by atoms with Crippen LogP contribution < -0.4 is 10.2 Å². The highest BCUT2D eigenvalue weighted by Gasteiger charge is 2.19. The normalized spacial score (nSPS) is 17.0. The van der Waals surface area contributed by atoms with E-state index in [0.29, 0.717) is 18.9 Å². The van der Waals surface area contributed by atoms with Crippen molar-refractivity contribution in [2.24, 2.45) is 0 Å². The standard InChI is InChI=1S/C10H11N5O/c16-9-6-11-1-4-15(9)8-5-13-10-12-2-3-14(10)7-8/h2-3,5,7,11H,1,4,6H2. The molecule has 1 amide bonds. The van der Waals surface area contributed by atoms with Crippen molar-refractivity contribution in [1.29, 1.82) is 0 Å². The lowest BCUT2D eigenvalue weighted by Crippen LogP contribution is -2.48. The van der Waals surface area contributed by atoms with Crippen molar-refractivity contribution in [2.75, 3.05) is 24.5 Å². The van der Waals surface area contributed by atoms with Crippen LogP contribution >= 0.6 is 0 Å². The molecular weight excluding hydrogens is 206 g/mol. The van der Waals surface area contributed by atoms with Crippen LogP contribution in [0.1, 0.15) is 0 Å². The summed E-state index contributed by atoms with van der Waals surface area (Å²) in [5.41, 5.74) is 0.817. The monoisotopic (exact) mass is 217 g/mol. The van der Waals surface area contributed by atoms with Gasteiger partial charge in [-0.1, -0.05) is 0 Å². The highest BCUT2D eigenvalue weighted by Crippen LogP contribution is 2.14. The molecule has 3 rings (SSSR count). The topological polar surface area (TPSA) is 62.5 Å². The molecular formula is C10H11N5O. The number of hydrogen-bond donors (Lipinski definition) is 1. The predicted molar refractivity (Wildman–Crippen MR) is 58.2 cm³/mol. The van der Waals surface area contributed by atoms with Crippen molar-refractivity contribution in [3.63, 3.8) is 0 Å². The third kappa shape index (κ3) is 1.43. The molecule has 0 unspecified atom stereocenters. The summed E-state index contributed by atoms with van der Waals surface area (Å²) in [7, 11) is 0. The molecule has 2 aromatic rings. The van der Waals surface area contributed by atoms with Gasteiger partial charge in [-0.3, -0.25) is 9.20 Å². The molecule has 3 heterocycles. The minimum atomic E-state index is 0.0764. The Morgan fingerprint density at radius 1 is 1.38 bits per heavy atom. The first-order chi connectivity index (χ1) is 7.84. The Bertz CT molecular complexity index is 535. The Morgan fingerprint density at radius 2 is 2.31 bits per heavy atom. The Morgan fingerprint density at radius 3 is 3.19 bits per heavy atom. The maximum atomic E-state index is 11.7. The summed E-state index contributed by atoms with van der Waals surface area (Å²) < 4.78 is 1.81. The number of fused-ring (bicyclic) bond motifs is 1. The lowest BCUT2D eigenvalue weighted by molar-refractivity contribution is -0.118. The van der Waals surface area contributed by atoms with E-state index >= 15 is 0 Å². The number of piperazine rings is 1. The molecule has 0 radical (unpaired) electrons. The molecule has 0 spiro atoms. The highest BCUT2D eigenvalue weighted by molar-refractivity contribution is 5.95. The second kappa shape index (κ2) is 3.57. The zero-order chi connectivity index (χ0) is 11.0. The fraction of sp³-hybridized carbons (Fsp3) is 0.300. The molecule has 2 aromatic heterocycles. The lowest BCUT2D eigenvalue weighted by atomic mass is 10.3. The highest BCUT2D eigenvalue weighted by atomic mass is 16.2. The predicted octanol–water partition coefficient (Wildman–Crippen LogP) is -0.335. The van der Waals surface area contributed by atoms with Crippen molar-refractivity contribution < 1.29 is 4.79 Å². The second-order valence-electron chi connectivity index (χ2n) is 3.67. The van der Waals surface area contributed by atoms with Gasteiger partial charge in [0.25, 0.3) is 0 Å². The maximum absolute atomic E-state index is 11.7. The molecule has 82 valence electrons. The van der Waals surface area contributed by atoms with Crippen molar-refractivity contribution in [2.45, 2.75) is 0 Å². The van der Waals surface area contributed by atoms with E-state index in [1.165, 1.54) is 0 Å². The average Bonchev–Trinajstić information content (AvgIpc) is 2.76. The van der Waals surface area contributed by atoms with Gasteiger partial charge in [0, 0.05) is 31.7 Å². The smallest absolute Gasteiger partial charge is 0.241 e. The van der Waals surface area contributed by atoms with Gasteiger partial charge in [-0.15, -0.1) is 0 Å². The van der Waals surface area contributed by atoms with Crippen LogP contribution in [0.5, 0.6) is 0 Å². The van der Waals surface area contributed by atoms with E-state index in [1.54, 1.807) is 17.3 Å². The minimum absolute atomic E-state index is 0.0764. The maximum Gasteiger partial charge on any atom is 0.241 e. The fourth-order valence-corrected chi connectivity index (χ4v) is 1.82. The van der Waals surface area contributed by atoms with E-state index in [2.05, 4.69) is 15.3 Å². The Balaban J connectivity index is 2.00. The van der Waals surface area contributed by atoms with Crippen molar-refractivity contribution in [3.8, 4) is 0 Å². The molecule has 6 heteroatoms. The quantitative estimate of drug-likeness (QED) is 0.710. The van der Waals surface area contributed by atoms with Crippen LogP contribution in [-0.2, 0) is 4.79 Å². The third-order valence-corrected chi connectivity index (χ3v) is 2.63. The molecule has 0 aliphatic carbocycles. The van der Waals surface area contributed by atoms with Gasteiger partial charge in [-0.05, 0) is 0 Å².